The Morgan fingerprint density at radius 3 is 2.27 bits per heavy atom. The average Bonchev–Trinajstić information content (AvgIpc) is 3.32. The summed E-state index contributed by atoms with van der Waals surface area (Å²) >= 11 is 0. The minimum atomic E-state index is -1.60. The Hall–Kier alpha value is -3.11. The monoisotopic (exact) mass is 640 g/mol. The fourth-order valence-corrected chi connectivity index (χ4v) is 5.60. The molecule has 8 nitrogen and oxygen atoms in total. The van der Waals surface area contributed by atoms with Crippen molar-refractivity contribution < 1.29 is 38.0 Å². The number of rotatable bonds is 16. The molecule has 248 valence electrons. The molecule has 1 aliphatic rings. The molecule has 1 fully saturated rings. The fraction of sp³-hybridized carbons (Fsp3) is 0.528. The van der Waals surface area contributed by atoms with E-state index in [1.165, 1.54) is 7.11 Å². The molecule has 1 unspecified atom stereocenters. The smallest absolute Gasteiger partial charge is 0.342 e. The standard InChI is InChI=1S/C36H52O8Si/c1-25(13-11-14-26(2)41-23-27-17-19-29(38-5)20-18-27)34-31(43-36(3,4)44-34)16-12-15-28-21-30(39-6)22-32(40-7)33(28)35(37)42-24-45(8,9)10/h11-13,15,17-22,25-26,31,34H,14,16,23-24H2,1-10H3/b13-11-,15-12+/t25?,26-,31-,34-/m1/s1. The van der Waals surface area contributed by atoms with E-state index in [4.69, 9.17) is 33.2 Å². The zero-order chi connectivity index (χ0) is 33.2. The maximum Gasteiger partial charge on any atom is 0.342 e. The van der Waals surface area contributed by atoms with Crippen molar-refractivity contribution in [2.75, 3.05) is 27.6 Å². The van der Waals surface area contributed by atoms with Gasteiger partial charge in [-0.15, -0.1) is 0 Å². The van der Waals surface area contributed by atoms with Crippen LogP contribution in [0.5, 0.6) is 17.2 Å². The Kier molecular flexibility index (Phi) is 13.3. The number of esters is 1. The SMILES string of the molecule is COc1ccc(CO[C@H](C)C/C=C\C(C)[C@H]2OC(C)(C)O[C@@H]2C/C=C/c2cc(OC)cc(OC)c2C(=O)OC[Si](C)(C)C)cc1. The lowest BCUT2D eigenvalue weighted by Crippen LogP contribution is -2.30. The fourth-order valence-electron chi connectivity index (χ4n) is 5.04. The molecule has 3 rings (SSSR count). The molecule has 4 atom stereocenters. The zero-order valence-corrected chi connectivity index (χ0v) is 29.7. The van der Waals surface area contributed by atoms with Crippen LogP contribution in [0.4, 0.5) is 0 Å². The zero-order valence-electron chi connectivity index (χ0n) is 28.7. The van der Waals surface area contributed by atoms with Crippen molar-refractivity contribution in [3.63, 3.8) is 0 Å². The van der Waals surface area contributed by atoms with Gasteiger partial charge in [-0.3, -0.25) is 0 Å². The van der Waals surface area contributed by atoms with Crippen molar-refractivity contribution in [2.24, 2.45) is 5.92 Å². The average molecular weight is 641 g/mol. The molecule has 2 aromatic rings. The van der Waals surface area contributed by atoms with Gasteiger partial charge in [0.25, 0.3) is 0 Å². The lowest BCUT2D eigenvalue weighted by Gasteiger charge is -2.21. The third-order valence-electron chi connectivity index (χ3n) is 7.41. The molecular formula is C36H52O8Si. The van der Waals surface area contributed by atoms with Crippen LogP contribution in [0.3, 0.4) is 0 Å². The van der Waals surface area contributed by atoms with E-state index in [0.717, 1.165) is 17.7 Å². The van der Waals surface area contributed by atoms with Crippen molar-refractivity contribution >= 4 is 20.1 Å². The van der Waals surface area contributed by atoms with Crippen molar-refractivity contribution in [3.05, 3.63) is 71.3 Å². The molecule has 0 amide bonds. The summed E-state index contributed by atoms with van der Waals surface area (Å²) in [5.41, 5.74) is 2.16. The molecule has 0 bridgehead atoms. The summed E-state index contributed by atoms with van der Waals surface area (Å²) in [5, 5.41) is 0. The molecule has 1 saturated heterocycles. The minimum absolute atomic E-state index is 0.0675. The molecule has 2 aromatic carbocycles. The minimum Gasteiger partial charge on any atom is -0.497 e. The third kappa shape index (κ3) is 11.3. The third-order valence-corrected chi connectivity index (χ3v) is 8.42. The maximum atomic E-state index is 13.2. The predicted octanol–water partition coefficient (Wildman–Crippen LogP) is 7.86. The molecule has 0 aliphatic carbocycles. The lowest BCUT2D eigenvalue weighted by molar-refractivity contribution is -0.148. The van der Waals surface area contributed by atoms with Gasteiger partial charge in [-0.25, -0.2) is 4.79 Å². The number of carbonyl (C=O) groups is 1. The topological polar surface area (TPSA) is 81.7 Å². The highest BCUT2D eigenvalue weighted by Crippen LogP contribution is 2.35. The molecule has 45 heavy (non-hydrogen) atoms. The number of methoxy groups -OCH3 is 3. The summed E-state index contributed by atoms with van der Waals surface area (Å²) in [6, 6.07) is 11.4. The Balaban J connectivity index is 1.66. The van der Waals surface area contributed by atoms with Gasteiger partial charge in [0.2, 0.25) is 0 Å². The van der Waals surface area contributed by atoms with Gasteiger partial charge < -0.3 is 33.2 Å². The van der Waals surface area contributed by atoms with E-state index in [-0.39, 0.29) is 24.2 Å². The molecule has 1 aliphatic heterocycles. The van der Waals surface area contributed by atoms with Gasteiger partial charge in [0.05, 0.1) is 60.6 Å². The quantitative estimate of drug-likeness (QED) is 0.104. The second-order valence-corrected chi connectivity index (χ2v) is 18.6. The first-order chi connectivity index (χ1) is 21.2. The van der Waals surface area contributed by atoms with Crippen LogP contribution in [0, 0.1) is 5.92 Å². The van der Waals surface area contributed by atoms with Crippen molar-refractivity contribution in [2.45, 2.75) is 90.9 Å². The number of ether oxygens (including phenoxy) is 7. The number of hydrogen-bond acceptors (Lipinski definition) is 8. The van der Waals surface area contributed by atoms with E-state index in [9.17, 15) is 4.79 Å². The second kappa shape index (κ2) is 16.4. The molecule has 0 saturated carbocycles. The van der Waals surface area contributed by atoms with E-state index in [0.29, 0.717) is 41.9 Å². The van der Waals surface area contributed by atoms with E-state index < -0.39 is 19.8 Å². The van der Waals surface area contributed by atoms with Crippen LogP contribution in [0.2, 0.25) is 19.6 Å². The van der Waals surface area contributed by atoms with Crippen molar-refractivity contribution in [3.8, 4) is 17.2 Å². The Labute approximate surface area is 270 Å². The van der Waals surface area contributed by atoms with E-state index in [2.05, 4.69) is 45.6 Å². The summed E-state index contributed by atoms with van der Waals surface area (Å²) in [4.78, 5) is 13.2. The van der Waals surface area contributed by atoms with Gasteiger partial charge >= 0.3 is 5.97 Å². The van der Waals surface area contributed by atoms with Gasteiger partial charge in [-0.05, 0) is 62.9 Å². The van der Waals surface area contributed by atoms with Gasteiger partial charge in [-0.2, -0.15) is 0 Å². The summed E-state index contributed by atoms with van der Waals surface area (Å²) in [6.07, 6.45) is 9.82. The lowest BCUT2D eigenvalue weighted by atomic mass is 9.96. The number of benzene rings is 2. The predicted molar refractivity (Wildman–Crippen MR) is 181 cm³/mol. The summed E-state index contributed by atoms with van der Waals surface area (Å²) in [5.74, 6) is 0.843. The normalized spacial score (nSPS) is 19.5. The summed E-state index contributed by atoms with van der Waals surface area (Å²) < 4.78 is 40.7. The van der Waals surface area contributed by atoms with Gasteiger partial charge in [0.1, 0.15) is 22.8 Å². The van der Waals surface area contributed by atoms with Crippen LogP contribution in [-0.2, 0) is 25.6 Å². The number of carbonyl (C=O) groups excluding carboxylic acids is 1. The highest BCUT2D eigenvalue weighted by molar-refractivity contribution is 6.76. The van der Waals surface area contributed by atoms with E-state index in [1.54, 1.807) is 20.3 Å². The van der Waals surface area contributed by atoms with Gasteiger partial charge in [-0.1, -0.05) is 63.0 Å². The first kappa shape index (κ1) is 36.4. The van der Waals surface area contributed by atoms with Crippen LogP contribution in [-0.4, -0.2) is 65.7 Å². The van der Waals surface area contributed by atoms with E-state index >= 15 is 0 Å². The van der Waals surface area contributed by atoms with Crippen LogP contribution in [0.1, 0.15) is 62.0 Å². The van der Waals surface area contributed by atoms with Gasteiger partial charge in [0, 0.05) is 12.0 Å². The van der Waals surface area contributed by atoms with Crippen LogP contribution >= 0.6 is 0 Å². The summed E-state index contributed by atoms with van der Waals surface area (Å²) in [6.45, 7) is 15.1. The molecule has 0 N–H and O–H groups in total. The molecule has 1 heterocycles. The molecule has 0 aromatic heterocycles. The molecule has 9 heteroatoms. The number of hydrogen-bond donors (Lipinski definition) is 0. The largest absolute Gasteiger partial charge is 0.497 e. The second-order valence-electron chi connectivity index (χ2n) is 13.2. The first-order valence-corrected chi connectivity index (χ1v) is 19.3. The van der Waals surface area contributed by atoms with Crippen LogP contribution < -0.4 is 14.2 Å². The van der Waals surface area contributed by atoms with Gasteiger partial charge in [0.15, 0.2) is 5.79 Å². The summed E-state index contributed by atoms with van der Waals surface area (Å²) in [7, 11) is 3.19. The Morgan fingerprint density at radius 2 is 1.64 bits per heavy atom. The molecule has 0 radical (unpaired) electrons. The molecular weight excluding hydrogens is 588 g/mol. The Morgan fingerprint density at radius 1 is 0.956 bits per heavy atom. The maximum absolute atomic E-state index is 13.2. The Bertz CT molecular complexity index is 1300. The first-order valence-electron chi connectivity index (χ1n) is 15.6. The van der Waals surface area contributed by atoms with Crippen molar-refractivity contribution in [1.82, 2.24) is 0 Å². The molecule has 0 spiro atoms. The van der Waals surface area contributed by atoms with E-state index in [1.807, 2.05) is 56.3 Å². The van der Waals surface area contributed by atoms with Crippen LogP contribution in [0.25, 0.3) is 6.08 Å². The highest BCUT2D eigenvalue weighted by atomic mass is 28.3. The highest BCUT2D eigenvalue weighted by Gasteiger charge is 2.42. The van der Waals surface area contributed by atoms with Crippen molar-refractivity contribution in [1.29, 1.82) is 0 Å². The van der Waals surface area contributed by atoms with Crippen LogP contribution in [0.15, 0.2) is 54.6 Å².